The molecule has 1 N–H and O–H groups in total. The first-order valence-corrected chi connectivity index (χ1v) is 8.05. The first-order valence-electron chi connectivity index (χ1n) is 6.57. The monoisotopic (exact) mass is 327 g/mol. The van der Waals surface area contributed by atoms with Gasteiger partial charge in [0.25, 0.3) is 0 Å². The number of nitrogens with zero attached hydrogens (tertiary/aromatic N) is 2. The number of hydrogen-bond acceptors (Lipinski definition) is 4. The fraction of sp³-hybridized carbons (Fsp3) is 0.357. The molecule has 0 saturated carbocycles. The van der Waals surface area contributed by atoms with Crippen molar-refractivity contribution in [3.8, 4) is 0 Å². The second-order valence-corrected chi connectivity index (χ2v) is 6.86. The van der Waals surface area contributed by atoms with Crippen LogP contribution in [0.4, 0.5) is 4.39 Å². The normalized spacial score (nSPS) is 14.7. The van der Waals surface area contributed by atoms with Gasteiger partial charge in [-0.1, -0.05) is 18.2 Å². The van der Waals surface area contributed by atoms with E-state index in [4.69, 9.17) is 4.74 Å². The molecule has 8 heteroatoms. The van der Waals surface area contributed by atoms with Gasteiger partial charge >= 0.3 is 0 Å². The molecule has 6 nitrogen and oxygen atoms in total. The summed E-state index contributed by atoms with van der Waals surface area (Å²) in [6.45, 7) is 1.51. The number of sulfonamides is 1. The summed E-state index contributed by atoms with van der Waals surface area (Å²) in [5.74, 6) is -0.451. The Labute approximate surface area is 129 Å². The summed E-state index contributed by atoms with van der Waals surface area (Å²) in [6.07, 6.45) is 2.63. The molecule has 0 saturated heterocycles. The van der Waals surface area contributed by atoms with Crippen molar-refractivity contribution in [2.75, 3.05) is 13.7 Å². The van der Waals surface area contributed by atoms with Crippen LogP contribution in [0.15, 0.2) is 41.6 Å². The molecule has 0 unspecified atom stereocenters. The molecule has 0 fully saturated rings. The van der Waals surface area contributed by atoms with Crippen LogP contribution < -0.4 is 4.72 Å². The molecule has 0 amide bonds. The summed E-state index contributed by atoms with van der Waals surface area (Å²) in [4.78, 5) is 0.0435. The van der Waals surface area contributed by atoms with Gasteiger partial charge in [0, 0.05) is 32.5 Å². The first kappa shape index (κ1) is 16.6. The van der Waals surface area contributed by atoms with Crippen LogP contribution in [-0.2, 0) is 27.4 Å². The lowest BCUT2D eigenvalue weighted by Crippen LogP contribution is -2.40. The van der Waals surface area contributed by atoms with E-state index >= 15 is 0 Å². The summed E-state index contributed by atoms with van der Waals surface area (Å²) in [6, 6.07) is 6.11. The number of ether oxygens (including phenoxy) is 1. The molecule has 0 aliphatic heterocycles. The van der Waals surface area contributed by atoms with E-state index in [2.05, 4.69) is 9.82 Å². The Kier molecular flexibility index (Phi) is 4.64. The molecule has 120 valence electrons. The minimum absolute atomic E-state index is 0.0435. The molecule has 2 rings (SSSR count). The lowest BCUT2D eigenvalue weighted by molar-refractivity contribution is 0.00410. The molecule has 1 aromatic carbocycles. The molecule has 0 aliphatic rings. The highest BCUT2D eigenvalue weighted by atomic mass is 32.2. The van der Waals surface area contributed by atoms with Crippen LogP contribution in [0.25, 0.3) is 0 Å². The third kappa shape index (κ3) is 3.34. The van der Waals surface area contributed by atoms with Gasteiger partial charge in [-0.2, -0.15) is 5.10 Å². The summed E-state index contributed by atoms with van der Waals surface area (Å²) in [5, 5.41) is 3.83. The molecule has 1 heterocycles. The Morgan fingerprint density at radius 3 is 2.64 bits per heavy atom. The largest absolute Gasteiger partial charge is 0.372 e. The number of halogens is 1. The molecule has 0 aliphatic carbocycles. The maximum atomic E-state index is 13.9. The van der Waals surface area contributed by atoms with Crippen LogP contribution in [0, 0.1) is 5.82 Å². The highest BCUT2D eigenvalue weighted by molar-refractivity contribution is 7.89. The lowest BCUT2D eigenvalue weighted by Gasteiger charge is -2.29. The van der Waals surface area contributed by atoms with Crippen molar-refractivity contribution in [2.45, 2.75) is 17.4 Å². The van der Waals surface area contributed by atoms with E-state index in [1.807, 2.05) is 0 Å². The zero-order valence-corrected chi connectivity index (χ0v) is 13.4. The van der Waals surface area contributed by atoms with Gasteiger partial charge < -0.3 is 4.74 Å². The van der Waals surface area contributed by atoms with Gasteiger partial charge in [0.15, 0.2) is 0 Å². The number of rotatable bonds is 6. The Hall–Kier alpha value is -1.77. The van der Waals surface area contributed by atoms with Crippen molar-refractivity contribution < 1.29 is 17.5 Å². The summed E-state index contributed by atoms with van der Waals surface area (Å²) in [5.41, 5.74) is -0.841. The van der Waals surface area contributed by atoms with E-state index in [9.17, 15) is 12.8 Å². The van der Waals surface area contributed by atoms with E-state index in [1.165, 1.54) is 30.3 Å². The number of aromatic nitrogens is 2. The minimum atomic E-state index is -3.74. The average Bonchev–Trinajstić information content (AvgIpc) is 2.93. The van der Waals surface area contributed by atoms with Gasteiger partial charge in [0.05, 0.1) is 6.20 Å². The number of methoxy groups -OCH3 is 1. The van der Waals surface area contributed by atoms with Crippen LogP contribution in [-0.4, -0.2) is 31.9 Å². The Morgan fingerprint density at radius 1 is 1.41 bits per heavy atom. The third-order valence-corrected chi connectivity index (χ3v) is 4.84. The molecular weight excluding hydrogens is 309 g/mol. The summed E-state index contributed by atoms with van der Waals surface area (Å²) < 4.78 is 47.5. The average molecular weight is 327 g/mol. The molecule has 22 heavy (non-hydrogen) atoms. The van der Waals surface area contributed by atoms with E-state index in [0.29, 0.717) is 0 Å². The Bertz CT molecular complexity index is 760. The fourth-order valence-corrected chi connectivity index (χ4v) is 3.13. The van der Waals surface area contributed by atoms with Crippen LogP contribution >= 0.6 is 0 Å². The highest BCUT2D eigenvalue weighted by Gasteiger charge is 2.31. The predicted octanol–water partition coefficient (Wildman–Crippen LogP) is 1.40. The number of benzene rings is 1. The molecule has 0 radical (unpaired) electrons. The Morgan fingerprint density at radius 2 is 2.09 bits per heavy atom. The van der Waals surface area contributed by atoms with Crippen molar-refractivity contribution in [2.24, 2.45) is 7.05 Å². The van der Waals surface area contributed by atoms with Crippen molar-refractivity contribution in [1.82, 2.24) is 14.5 Å². The third-order valence-electron chi connectivity index (χ3n) is 3.49. The minimum Gasteiger partial charge on any atom is -0.372 e. The summed E-state index contributed by atoms with van der Waals surface area (Å²) in [7, 11) is -0.709. The van der Waals surface area contributed by atoms with Crippen LogP contribution in [0.3, 0.4) is 0 Å². The van der Waals surface area contributed by atoms with Crippen molar-refractivity contribution in [1.29, 1.82) is 0 Å². The van der Waals surface area contributed by atoms with E-state index in [1.54, 1.807) is 32.2 Å². The fourth-order valence-electron chi connectivity index (χ4n) is 2.02. The second kappa shape index (κ2) is 6.15. The van der Waals surface area contributed by atoms with Crippen molar-refractivity contribution in [3.05, 3.63) is 48.0 Å². The maximum absolute atomic E-state index is 13.9. The molecule has 1 aromatic heterocycles. The van der Waals surface area contributed by atoms with Gasteiger partial charge in [-0.3, -0.25) is 4.68 Å². The van der Waals surface area contributed by atoms with Gasteiger partial charge in [-0.25, -0.2) is 17.5 Å². The Balaban J connectivity index is 2.23. The maximum Gasteiger partial charge on any atom is 0.243 e. The SMILES string of the molecule is CO[C@@](C)(CNS(=O)(=O)c1cnn(C)c1)c1ccccc1F. The predicted molar refractivity (Wildman–Crippen MR) is 79.2 cm³/mol. The zero-order valence-electron chi connectivity index (χ0n) is 12.6. The standard InChI is InChI=1S/C14H18FN3O3S/c1-14(21-3,12-6-4-5-7-13(12)15)10-17-22(19,20)11-8-16-18(2)9-11/h4-9,17H,10H2,1-3H3/t14-/m0/s1. The van der Waals surface area contributed by atoms with Crippen LogP contribution in [0.2, 0.25) is 0 Å². The number of hydrogen-bond donors (Lipinski definition) is 1. The van der Waals surface area contributed by atoms with Gasteiger partial charge in [-0.15, -0.1) is 0 Å². The molecule has 0 bridgehead atoms. The quantitative estimate of drug-likeness (QED) is 0.870. The van der Waals surface area contributed by atoms with E-state index in [-0.39, 0.29) is 17.0 Å². The first-order chi connectivity index (χ1) is 10.3. The molecule has 0 spiro atoms. The van der Waals surface area contributed by atoms with E-state index < -0.39 is 21.4 Å². The van der Waals surface area contributed by atoms with Gasteiger partial charge in [-0.05, 0) is 13.0 Å². The van der Waals surface area contributed by atoms with Crippen molar-refractivity contribution in [3.63, 3.8) is 0 Å². The van der Waals surface area contributed by atoms with Gasteiger partial charge in [0.1, 0.15) is 16.3 Å². The highest BCUT2D eigenvalue weighted by Crippen LogP contribution is 2.26. The smallest absolute Gasteiger partial charge is 0.243 e. The molecule has 2 aromatic rings. The number of aryl methyl sites for hydroxylation is 1. The van der Waals surface area contributed by atoms with Crippen LogP contribution in [0.5, 0.6) is 0 Å². The zero-order chi connectivity index (χ0) is 16.4. The second-order valence-electron chi connectivity index (χ2n) is 5.09. The van der Waals surface area contributed by atoms with Crippen LogP contribution in [0.1, 0.15) is 12.5 Å². The topological polar surface area (TPSA) is 73.2 Å². The van der Waals surface area contributed by atoms with Crippen molar-refractivity contribution >= 4 is 10.0 Å². The van der Waals surface area contributed by atoms with E-state index in [0.717, 1.165) is 0 Å². The molecular formula is C14H18FN3O3S. The lowest BCUT2D eigenvalue weighted by atomic mass is 9.95. The summed E-state index contributed by atoms with van der Waals surface area (Å²) >= 11 is 0. The molecule has 1 atom stereocenters. The van der Waals surface area contributed by atoms with Gasteiger partial charge in [0.2, 0.25) is 10.0 Å². The number of nitrogens with one attached hydrogen (secondary N) is 1.